The Morgan fingerprint density at radius 3 is 3.00 bits per heavy atom. The highest BCUT2D eigenvalue weighted by atomic mass is 32.1. The van der Waals surface area contributed by atoms with Gasteiger partial charge >= 0.3 is 0 Å². The summed E-state index contributed by atoms with van der Waals surface area (Å²) >= 11 is 1.39. The maximum Gasteiger partial charge on any atom is 0.230 e. The molecule has 4 rings (SSSR count). The van der Waals surface area contributed by atoms with E-state index in [0.717, 1.165) is 22.0 Å². The van der Waals surface area contributed by atoms with E-state index in [1.54, 1.807) is 18.6 Å². The summed E-state index contributed by atoms with van der Waals surface area (Å²) < 4.78 is 4.11. The number of fused-ring (bicyclic) bond motifs is 1. The van der Waals surface area contributed by atoms with Crippen LogP contribution in [-0.4, -0.2) is 20.2 Å². The lowest BCUT2D eigenvalue weighted by molar-refractivity contribution is -0.120. The van der Waals surface area contributed by atoms with Crippen LogP contribution in [0.3, 0.4) is 0 Å². The molecule has 0 aromatic carbocycles. The van der Waals surface area contributed by atoms with Gasteiger partial charge in [-0.3, -0.25) is 14.8 Å². The lowest BCUT2D eigenvalue weighted by Crippen LogP contribution is -2.31. The van der Waals surface area contributed by atoms with Gasteiger partial charge in [-0.25, -0.2) is 4.37 Å². The summed E-state index contributed by atoms with van der Waals surface area (Å²) in [5, 5.41) is 3.94. The molecule has 0 radical (unpaired) electrons. The third-order valence-electron chi connectivity index (χ3n) is 4.23. The zero-order chi connectivity index (χ0) is 14.4. The maximum absolute atomic E-state index is 12.1. The third-order valence-corrected chi connectivity index (χ3v) is 4.84. The highest BCUT2D eigenvalue weighted by molar-refractivity contribution is 7.03. The molecule has 3 aromatic rings. The van der Waals surface area contributed by atoms with Gasteiger partial charge in [0, 0.05) is 41.5 Å². The van der Waals surface area contributed by atoms with Gasteiger partial charge in [-0.2, -0.15) is 0 Å². The molecule has 104 valence electrons. The zero-order valence-corrected chi connectivity index (χ0v) is 11.9. The van der Waals surface area contributed by atoms with Crippen molar-refractivity contribution in [2.45, 2.75) is 17.8 Å². The molecule has 3 heterocycles. The number of carbonyl (C=O) groups is 1. The summed E-state index contributed by atoms with van der Waals surface area (Å²) in [6, 6.07) is 3.86. The average molecular weight is 296 g/mol. The zero-order valence-electron chi connectivity index (χ0n) is 11.1. The predicted molar refractivity (Wildman–Crippen MR) is 79.9 cm³/mol. The Morgan fingerprint density at radius 1 is 1.33 bits per heavy atom. The van der Waals surface area contributed by atoms with Gasteiger partial charge in [0.1, 0.15) is 0 Å². The van der Waals surface area contributed by atoms with E-state index in [1.165, 1.54) is 11.5 Å². The number of rotatable bonds is 3. The van der Waals surface area contributed by atoms with Gasteiger partial charge in [0.15, 0.2) is 0 Å². The lowest BCUT2D eigenvalue weighted by atomic mass is 9.94. The second kappa shape index (κ2) is 4.33. The van der Waals surface area contributed by atoms with E-state index in [9.17, 15) is 4.79 Å². The van der Waals surface area contributed by atoms with Gasteiger partial charge in [0.05, 0.1) is 11.1 Å². The molecule has 2 atom stereocenters. The normalized spacial score (nSPS) is 24.1. The van der Waals surface area contributed by atoms with Gasteiger partial charge in [0.2, 0.25) is 5.91 Å². The van der Waals surface area contributed by atoms with E-state index in [1.807, 2.05) is 23.7 Å². The number of amides is 1. The van der Waals surface area contributed by atoms with E-state index >= 15 is 0 Å². The predicted octanol–water partition coefficient (Wildman–Crippen LogP) is 2.00. The highest BCUT2D eigenvalue weighted by Crippen LogP contribution is 2.60. The Labute approximate surface area is 125 Å². The number of aromatic nitrogens is 3. The molecule has 2 unspecified atom stereocenters. The molecule has 3 aromatic heterocycles. The lowest BCUT2D eigenvalue weighted by Gasteiger charge is -2.13. The summed E-state index contributed by atoms with van der Waals surface area (Å²) in [6.07, 6.45) is 7.76. The largest absolute Gasteiger partial charge is 0.369 e. The van der Waals surface area contributed by atoms with Crippen LogP contribution in [0, 0.1) is 0 Å². The summed E-state index contributed by atoms with van der Waals surface area (Å²) in [7, 11) is 0. The smallest absolute Gasteiger partial charge is 0.230 e. The minimum atomic E-state index is -0.694. The second-order valence-electron chi connectivity index (χ2n) is 5.34. The highest BCUT2D eigenvalue weighted by Gasteiger charge is 2.62. The van der Waals surface area contributed by atoms with Crippen molar-refractivity contribution in [3.05, 3.63) is 53.6 Å². The molecule has 1 saturated carbocycles. The fourth-order valence-corrected chi connectivity index (χ4v) is 3.55. The Morgan fingerprint density at radius 2 is 2.24 bits per heavy atom. The molecular weight excluding hydrogens is 284 g/mol. The fourth-order valence-electron chi connectivity index (χ4n) is 2.96. The first-order chi connectivity index (χ1) is 10.2. The molecule has 21 heavy (non-hydrogen) atoms. The van der Waals surface area contributed by atoms with Crippen molar-refractivity contribution in [3.63, 3.8) is 0 Å². The monoisotopic (exact) mass is 296 g/mol. The molecule has 0 aliphatic heterocycles. The van der Waals surface area contributed by atoms with Crippen molar-refractivity contribution in [2.75, 3.05) is 0 Å². The number of nitrogens with zero attached hydrogens (tertiary/aromatic N) is 3. The number of carbonyl (C=O) groups excluding carboxylic acids is 1. The fraction of sp³-hybridized carbons (Fsp3) is 0.200. The molecule has 2 N–H and O–H groups in total. The average Bonchev–Trinajstić information content (AvgIpc) is 3.04. The first-order valence-electron chi connectivity index (χ1n) is 6.61. The van der Waals surface area contributed by atoms with Crippen molar-refractivity contribution >= 4 is 28.2 Å². The van der Waals surface area contributed by atoms with Crippen molar-refractivity contribution in [3.8, 4) is 0 Å². The van der Waals surface area contributed by atoms with Crippen molar-refractivity contribution in [1.29, 1.82) is 0 Å². The number of nitrogens with two attached hydrogens (primary N) is 1. The molecule has 1 aliphatic rings. The summed E-state index contributed by atoms with van der Waals surface area (Å²) in [5.74, 6) is -0.236. The summed E-state index contributed by atoms with van der Waals surface area (Å²) in [5.41, 5.74) is 6.81. The van der Waals surface area contributed by atoms with Crippen LogP contribution < -0.4 is 5.73 Å². The van der Waals surface area contributed by atoms with Crippen molar-refractivity contribution in [2.24, 2.45) is 5.73 Å². The molecule has 5 nitrogen and oxygen atoms in total. The SMILES string of the molecule is NC(=O)C1(c2cc3ccncc3cn2)CC1c1cnsc1. The van der Waals surface area contributed by atoms with Gasteiger partial charge in [-0.05, 0) is 41.0 Å². The van der Waals surface area contributed by atoms with Crippen LogP contribution in [0.1, 0.15) is 23.6 Å². The van der Waals surface area contributed by atoms with E-state index in [-0.39, 0.29) is 11.8 Å². The number of primary amides is 1. The van der Waals surface area contributed by atoms with Crippen LogP contribution in [0.4, 0.5) is 0 Å². The quantitative estimate of drug-likeness (QED) is 0.801. The Hall–Kier alpha value is -2.34. The van der Waals surface area contributed by atoms with Gasteiger partial charge in [-0.15, -0.1) is 0 Å². The second-order valence-corrected chi connectivity index (χ2v) is 6.00. The first kappa shape index (κ1) is 12.4. The molecule has 0 spiro atoms. The van der Waals surface area contributed by atoms with Crippen LogP contribution in [0.2, 0.25) is 0 Å². The van der Waals surface area contributed by atoms with Crippen LogP contribution in [0.25, 0.3) is 10.8 Å². The van der Waals surface area contributed by atoms with Crippen LogP contribution in [0.5, 0.6) is 0 Å². The van der Waals surface area contributed by atoms with E-state index in [0.29, 0.717) is 6.42 Å². The van der Waals surface area contributed by atoms with Gasteiger partial charge < -0.3 is 5.73 Å². The number of hydrogen-bond donors (Lipinski definition) is 1. The Bertz CT molecular complexity index is 833. The third kappa shape index (κ3) is 1.76. The van der Waals surface area contributed by atoms with E-state index in [2.05, 4.69) is 14.3 Å². The van der Waals surface area contributed by atoms with E-state index in [4.69, 9.17) is 5.73 Å². The molecule has 0 saturated heterocycles. The minimum absolute atomic E-state index is 0.0838. The topological polar surface area (TPSA) is 81.8 Å². The molecule has 6 heteroatoms. The van der Waals surface area contributed by atoms with Gasteiger partial charge in [0.25, 0.3) is 0 Å². The summed E-state index contributed by atoms with van der Waals surface area (Å²) in [6.45, 7) is 0. The van der Waals surface area contributed by atoms with E-state index < -0.39 is 5.41 Å². The van der Waals surface area contributed by atoms with Crippen LogP contribution in [0.15, 0.2) is 42.3 Å². The number of hydrogen-bond acceptors (Lipinski definition) is 5. The molecule has 1 amide bonds. The Balaban J connectivity index is 1.83. The van der Waals surface area contributed by atoms with Crippen LogP contribution in [-0.2, 0) is 10.2 Å². The number of pyridine rings is 2. The molecular formula is C15H12N4OS. The molecule has 1 fully saturated rings. The van der Waals surface area contributed by atoms with Crippen molar-refractivity contribution in [1.82, 2.24) is 14.3 Å². The molecule has 0 bridgehead atoms. The maximum atomic E-state index is 12.1. The Kier molecular flexibility index (Phi) is 2.56. The first-order valence-corrected chi connectivity index (χ1v) is 7.45. The van der Waals surface area contributed by atoms with Gasteiger partial charge in [-0.1, -0.05) is 0 Å². The van der Waals surface area contributed by atoms with Crippen molar-refractivity contribution < 1.29 is 4.79 Å². The summed E-state index contributed by atoms with van der Waals surface area (Å²) in [4.78, 5) is 20.6. The standard InChI is InChI=1S/C15H12N4OS/c16-14(20)15(4-12(15)11-7-19-21-8-11)13-3-9-1-2-17-5-10(9)6-18-13/h1-3,5-8,12H,4H2,(H2,16,20). The van der Waals surface area contributed by atoms with Crippen LogP contribution >= 0.6 is 11.5 Å². The minimum Gasteiger partial charge on any atom is -0.369 e. The molecule has 1 aliphatic carbocycles.